The summed E-state index contributed by atoms with van der Waals surface area (Å²) in [6.45, 7) is 4.75. The average Bonchev–Trinajstić information content (AvgIpc) is 2.83. The van der Waals surface area contributed by atoms with Crippen LogP contribution in [0.3, 0.4) is 0 Å². The van der Waals surface area contributed by atoms with E-state index in [0.717, 1.165) is 4.90 Å². The van der Waals surface area contributed by atoms with Crippen LogP contribution < -0.4 is 10.6 Å². The molecule has 9 nitrogen and oxygen atoms in total. The van der Waals surface area contributed by atoms with Gasteiger partial charge in [0.05, 0.1) is 11.6 Å². The quantitative estimate of drug-likeness (QED) is 0.540. The third-order valence-electron chi connectivity index (χ3n) is 4.17. The molecule has 0 unspecified atom stereocenters. The van der Waals surface area contributed by atoms with E-state index in [-0.39, 0.29) is 25.3 Å². The number of nitrogens with zero attached hydrogens (tertiary/aromatic N) is 2. The van der Waals surface area contributed by atoms with E-state index in [0.29, 0.717) is 11.3 Å². The number of anilines is 1. The number of ether oxygens (including phenoxy) is 1. The summed E-state index contributed by atoms with van der Waals surface area (Å²) in [6.07, 6.45) is -0.817. The van der Waals surface area contributed by atoms with E-state index < -0.39 is 29.6 Å². The molecule has 1 heterocycles. The van der Waals surface area contributed by atoms with Crippen molar-refractivity contribution in [3.8, 4) is 6.07 Å². The third-order valence-corrected chi connectivity index (χ3v) is 4.17. The minimum atomic E-state index is -1.02. The number of urea groups is 1. The molecule has 0 saturated carbocycles. The van der Waals surface area contributed by atoms with E-state index in [2.05, 4.69) is 10.6 Å². The van der Waals surface area contributed by atoms with Gasteiger partial charge in [0, 0.05) is 18.7 Å². The number of carbonyl (C=O) groups is 4. The van der Waals surface area contributed by atoms with Crippen molar-refractivity contribution < 1.29 is 23.9 Å². The Balaban J connectivity index is 1.76. The SMILES string of the molecule is C[C@@H](OC(=O)CCCN1C(=O)NC(C)(C)C1=O)C(=O)Nc1ccc(C#N)cc1. The molecule has 1 aliphatic heterocycles. The second-order valence-electron chi connectivity index (χ2n) is 6.93. The molecular formula is C19H22N4O5. The van der Waals surface area contributed by atoms with Crippen LogP contribution >= 0.6 is 0 Å². The normalized spacial score (nSPS) is 16.1. The van der Waals surface area contributed by atoms with Gasteiger partial charge in [0.2, 0.25) is 0 Å². The first-order chi connectivity index (χ1) is 13.1. The smallest absolute Gasteiger partial charge is 0.325 e. The largest absolute Gasteiger partial charge is 0.453 e. The van der Waals surface area contributed by atoms with Gasteiger partial charge < -0.3 is 15.4 Å². The van der Waals surface area contributed by atoms with E-state index in [1.807, 2.05) is 6.07 Å². The Morgan fingerprint density at radius 1 is 1.29 bits per heavy atom. The summed E-state index contributed by atoms with van der Waals surface area (Å²) >= 11 is 0. The van der Waals surface area contributed by atoms with Crippen molar-refractivity contribution in [3.63, 3.8) is 0 Å². The Kier molecular flexibility index (Phi) is 6.36. The Labute approximate surface area is 162 Å². The monoisotopic (exact) mass is 386 g/mol. The number of carbonyl (C=O) groups excluding carboxylic acids is 4. The zero-order valence-electron chi connectivity index (χ0n) is 15.9. The lowest BCUT2D eigenvalue weighted by Gasteiger charge is -2.16. The Morgan fingerprint density at radius 2 is 1.93 bits per heavy atom. The molecule has 0 aromatic heterocycles. The average molecular weight is 386 g/mol. The van der Waals surface area contributed by atoms with Crippen LogP contribution in [0.4, 0.5) is 10.5 Å². The van der Waals surface area contributed by atoms with Crippen LogP contribution in [0, 0.1) is 11.3 Å². The van der Waals surface area contributed by atoms with Crippen LogP contribution in [0.1, 0.15) is 39.2 Å². The summed E-state index contributed by atoms with van der Waals surface area (Å²) in [5, 5.41) is 13.9. The van der Waals surface area contributed by atoms with Gasteiger partial charge in [-0.05, 0) is 51.5 Å². The van der Waals surface area contributed by atoms with Crippen molar-refractivity contribution >= 4 is 29.5 Å². The molecule has 0 radical (unpaired) electrons. The molecule has 1 atom stereocenters. The fourth-order valence-electron chi connectivity index (χ4n) is 2.58. The van der Waals surface area contributed by atoms with Crippen LogP contribution in [-0.4, -0.2) is 46.9 Å². The minimum Gasteiger partial charge on any atom is -0.453 e. The van der Waals surface area contributed by atoms with Crippen molar-refractivity contribution in [1.29, 1.82) is 5.26 Å². The highest BCUT2D eigenvalue weighted by Gasteiger charge is 2.43. The molecule has 1 saturated heterocycles. The third kappa shape index (κ3) is 5.07. The van der Waals surface area contributed by atoms with Crippen molar-refractivity contribution in [2.75, 3.05) is 11.9 Å². The molecule has 1 aliphatic rings. The summed E-state index contributed by atoms with van der Waals surface area (Å²) < 4.78 is 5.08. The highest BCUT2D eigenvalue weighted by atomic mass is 16.5. The molecule has 1 fully saturated rings. The van der Waals surface area contributed by atoms with Crippen molar-refractivity contribution in [3.05, 3.63) is 29.8 Å². The standard InChI is InChI=1S/C19H22N4O5/c1-12(16(25)21-14-8-6-13(11-20)7-9-14)28-15(24)5-4-10-23-17(26)19(2,3)22-18(23)27/h6-9,12H,4-5,10H2,1-3H3,(H,21,25)(H,22,27)/t12-/m1/s1. The van der Waals surface area contributed by atoms with Crippen LogP contribution in [-0.2, 0) is 19.1 Å². The predicted molar refractivity (Wildman–Crippen MR) is 98.9 cm³/mol. The maximum atomic E-state index is 12.1. The fourth-order valence-corrected chi connectivity index (χ4v) is 2.58. The van der Waals surface area contributed by atoms with Gasteiger partial charge in [0.25, 0.3) is 11.8 Å². The van der Waals surface area contributed by atoms with Gasteiger partial charge in [-0.25, -0.2) is 4.79 Å². The van der Waals surface area contributed by atoms with Crippen molar-refractivity contribution in [1.82, 2.24) is 10.2 Å². The maximum absolute atomic E-state index is 12.1. The molecule has 2 rings (SSSR count). The molecular weight excluding hydrogens is 364 g/mol. The van der Waals surface area contributed by atoms with Gasteiger partial charge >= 0.3 is 12.0 Å². The highest BCUT2D eigenvalue weighted by Crippen LogP contribution is 2.17. The number of imide groups is 1. The highest BCUT2D eigenvalue weighted by molar-refractivity contribution is 6.06. The Hall–Kier alpha value is -3.41. The number of hydrogen-bond acceptors (Lipinski definition) is 6. The van der Waals surface area contributed by atoms with E-state index in [4.69, 9.17) is 10.00 Å². The van der Waals surface area contributed by atoms with Crippen LogP contribution in [0.25, 0.3) is 0 Å². The zero-order valence-corrected chi connectivity index (χ0v) is 15.9. The molecule has 1 aromatic rings. The molecule has 28 heavy (non-hydrogen) atoms. The number of nitriles is 1. The topological polar surface area (TPSA) is 129 Å². The van der Waals surface area contributed by atoms with E-state index in [1.54, 1.807) is 38.1 Å². The molecule has 9 heteroatoms. The number of amides is 4. The maximum Gasteiger partial charge on any atom is 0.325 e. The van der Waals surface area contributed by atoms with Gasteiger partial charge in [-0.15, -0.1) is 0 Å². The summed E-state index contributed by atoms with van der Waals surface area (Å²) in [5.74, 6) is -1.45. The Morgan fingerprint density at radius 3 is 2.46 bits per heavy atom. The van der Waals surface area contributed by atoms with E-state index in [9.17, 15) is 19.2 Å². The van der Waals surface area contributed by atoms with Gasteiger partial charge in [0.1, 0.15) is 5.54 Å². The van der Waals surface area contributed by atoms with Gasteiger partial charge in [0.15, 0.2) is 6.10 Å². The second kappa shape index (κ2) is 8.52. The molecule has 148 valence electrons. The van der Waals surface area contributed by atoms with Gasteiger partial charge in [-0.1, -0.05) is 0 Å². The number of rotatable bonds is 7. The van der Waals surface area contributed by atoms with Crippen molar-refractivity contribution in [2.24, 2.45) is 0 Å². The van der Waals surface area contributed by atoms with E-state index >= 15 is 0 Å². The lowest BCUT2D eigenvalue weighted by Crippen LogP contribution is -2.40. The lowest BCUT2D eigenvalue weighted by atomic mass is 10.1. The number of nitrogens with one attached hydrogen (secondary N) is 2. The summed E-state index contributed by atoms with van der Waals surface area (Å²) in [7, 11) is 0. The summed E-state index contributed by atoms with van der Waals surface area (Å²) in [5.41, 5.74) is -0.00516. The predicted octanol–water partition coefficient (Wildman–Crippen LogP) is 1.54. The number of hydrogen-bond donors (Lipinski definition) is 2. The van der Waals surface area contributed by atoms with E-state index in [1.165, 1.54) is 6.92 Å². The molecule has 0 aliphatic carbocycles. The van der Waals surface area contributed by atoms with Crippen LogP contribution in [0.15, 0.2) is 24.3 Å². The second-order valence-corrected chi connectivity index (χ2v) is 6.93. The fraction of sp³-hybridized carbons (Fsp3) is 0.421. The van der Waals surface area contributed by atoms with Gasteiger partial charge in [-0.3, -0.25) is 19.3 Å². The Bertz CT molecular complexity index is 826. The number of esters is 1. The first kappa shape index (κ1) is 20.9. The van der Waals surface area contributed by atoms with Crippen molar-refractivity contribution in [2.45, 2.75) is 45.3 Å². The minimum absolute atomic E-state index is 0.0357. The summed E-state index contributed by atoms with van der Waals surface area (Å²) in [6, 6.07) is 7.75. The van der Waals surface area contributed by atoms with Crippen LogP contribution in [0.2, 0.25) is 0 Å². The first-order valence-electron chi connectivity index (χ1n) is 8.78. The zero-order chi connectivity index (χ0) is 20.9. The molecule has 4 amide bonds. The van der Waals surface area contributed by atoms with Gasteiger partial charge in [-0.2, -0.15) is 5.26 Å². The molecule has 0 spiro atoms. The van der Waals surface area contributed by atoms with Crippen LogP contribution in [0.5, 0.6) is 0 Å². The molecule has 2 N–H and O–H groups in total. The number of benzene rings is 1. The first-order valence-corrected chi connectivity index (χ1v) is 8.78. The molecule has 1 aromatic carbocycles. The molecule has 0 bridgehead atoms. The lowest BCUT2D eigenvalue weighted by molar-refractivity contribution is -0.153. The summed E-state index contributed by atoms with van der Waals surface area (Å²) in [4.78, 5) is 48.9.